The quantitative estimate of drug-likeness (QED) is 0.757. The molecule has 0 spiro atoms. The van der Waals surface area contributed by atoms with Gasteiger partial charge in [0.25, 0.3) is 0 Å². The number of fused-ring (bicyclic) bond motifs is 2. The minimum atomic E-state index is 1.17. The van der Waals surface area contributed by atoms with Crippen molar-refractivity contribution < 1.29 is 0 Å². The van der Waals surface area contributed by atoms with Gasteiger partial charge in [-0.2, -0.15) is 0 Å². The zero-order valence-corrected chi connectivity index (χ0v) is 10.7. The van der Waals surface area contributed by atoms with Gasteiger partial charge in [-0.15, -0.1) is 0 Å². The highest BCUT2D eigenvalue weighted by Crippen LogP contribution is 2.37. The molecule has 1 aliphatic heterocycles. The van der Waals surface area contributed by atoms with E-state index in [1.54, 1.807) is 0 Å². The van der Waals surface area contributed by atoms with Crippen LogP contribution >= 0.6 is 0 Å². The first-order chi connectivity index (χ1) is 8.93. The number of para-hydroxylation sites is 1. The van der Waals surface area contributed by atoms with Crippen molar-refractivity contribution >= 4 is 16.6 Å². The number of hydrogen-bond donors (Lipinski definition) is 0. The van der Waals surface area contributed by atoms with E-state index >= 15 is 0 Å². The largest absolute Gasteiger partial charge is 0.371 e. The predicted molar refractivity (Wildman–Crippen MR) is 75.2 cm³/mol. The Morgan fingerprint density at radius 3 is 2.67 bits per heavy atom. The minimum Gasteiger partial charge on any atom is -0.371 e. The Balaban J connectivity index is 2.02. The molecule has 1 aliphatic carbocycles. The van der Waals surface area contributed by atoms with Gasteiger partial charge in [0.1, 0.15) is 0 Å². The molecule has 2 aliphatic rings. The predicted octanol–water partition coefficient (Wildman–Crippen LogP) is 3.32. The highest BCUT2D eigenvalue weighted by molar-refractivity contribution is 5.94. The lowest BCUT2D eigenvalue weighted by Crippen LogP contribution is -2.20. The average Bonchev–Trinajstić information content (AvgIpc) is 3.06. The molecule has 1 aromatic heterocycles. The maximum absolute atomic E-state index is 4.86. The topological polar surface area (TPSA) is 16.1 Å². The van der Waals surface area contributed by atoms with E-state index in [2.05, 4.69) is 29.2 Å². The van der Waals surface area contributed by atoms with Crippen LogP contribution in [0.4, 0.5) is 5.69 Å². The van der Waals surface area contributed by atoms with E-state index in [1.165, 1.54) is 73.0 Å². The number of nitrogens with zero attached hydrogens (tertiary/aromatic N) is 2. The van der Waals surface area contributed by atoms with Crippen LogP contribution in [0, 0.1) is 0 Å². The normalized spacial score (nSPS) is 18.6. The molecule has 4 rings (SSSR count). The van der Waals surface area contributed by atoms with E-state index in [9.17, 15) is 0 Å². The Hall–Kier alpha value is -1.57. The maximum atomic E-state index is 4.86. The molecular formula is C16H18N2. The SMILES string of the molecule is c1ccc2c(N3CCCC3)c3c(nc2c1)CCC3. The number of aromatic nitrogens is 1. The Morgan fingerprint density at radius 2 is 1.78 bits per heavy atom. The summed E-state index contributed by atoms with van der Waals surface area (Å²) in [6, 6.07) is 8.65. The molecule has 18 heavy (non-hydrogen) atoms. The third kappa shape index (κ3) is 1.45. The van der Waals surface area contributed by atoms with E-state index < -0.39 is 0 Å². The highest BCUT2D eigenvalue weighted by atomic mass is 15.1. The fraction of sp³-hybridized carbons (Fsp3) is 0.438. The second-order valence-corrected chi connectivity index (χ2v) is 5.45. The fourth-order valence-corrected chi connectivity index (χ4v) is 3.49. The molecular weight excluding hydrogens is 220 g/mol. The van der Waals surface area contributed by atoms with Crippen LogP contribution in [-0.4, -0.2) is 18.1 Å². The molecule has 2 aromatic rings. The smallest absolute Gasteiger partial charge is 0.0726 e. The zero-order chi connectivity index (χ0) is 11.9. The molecule has 2 heterocycles. The van der Waals surface area contributed by atoms with Crippen molar-refractivity contribution in [3.05, 3.63) is 35.5 Å². The lowest BCUT2D eigenvalue weighted by atomic mass is 10.1. The second-order valence-electron chi connectivity index (χ2n) is 5.45. The summed E-state index contributed by atoms with van der Waals surface area (Å²) in [5.41, 5.74) is 5.58. The molecule has 0 amide bonds. The number of rotatable bonds is 1. The standard InChI is InChI=1S/C16H18N2/c1-2-8-14-12(6-1)16(18-10-3-4-11-18)13-7-5-9-15(13)17-14/h1-2,6,8H,3-5,7,9-11H2. The zero-order valence-electron chi connectivity index (χ0n) is 10.7. The van der Waals surface area contributed by atoms with E-state index in [4.69, 9.17) is 4.98 Å². The Labute approximate surface area is 108 Å². The molecule has 0 saturated carbocycles. The van der Waals surface area contributed by atoms with Crippen molar-refractivity contribution in [3.63, 3.8) is 0 Å². The van der Waals surface area contributed by atoms with Gasteiger partial charge in [-0.05, 0) is 43.7 Å². The van der Waals surface area contributed by atoms with Gasteiger partial charge >= 0.3 is 0 Å². The van der Waals surface area contributed by atoms with Crippen molar-refractivity contribution in [3.8, 4) is 0 Å². The van der Waals surface area contributed by atoms with E-state index in [1.807, 2.05) is 0 Å². The summed E-state index contributed by atoms with van der Waals surface area (Å²) < 4.78 is 0. The molecule has 0 atom stereocenters. The Bertz CT molecular complexity index is 597. The average molecular weight is 238 g/mol. The van der Waals surface area contributed by atoms with Gasteiger partial charge in [0.15, 0.2) is 0 Å². The molecule has 0 radical (unpaired) electrons. The number of benzene rings is 1. The number of aryl methyl sites for hydroxylation is 1. The van der Waals surface area contributed by atoms with Crippen LogP contribution in [0.25, 0.3) is 10.9 Å². The molecule has 2 heteroatoms. The van der Waals surface area contributed by atoms with Gasteiger partial charge in [-0.3, -0.25) is 4.98 Å². The van der Waals surface area contributed by atoms with Crippen molar-refractivity contribution in [2.75, 3.05) is 18.0 Å². The van der Waals surface area contributed by atoms with Crippen molar-refractivity contribution in [2.45, 2.75) is 32.1 Å². The van der Waals surface area contributed by atoms with Crippen molar-refractivity contribution in [1.29, 1.82) is 0 Å². The third-order valence-electron chi connectivity index (χ3n) is 4.31. The van der Waals surface area contributed by atoms with Gasteiger partial charge in [-0.1, -0.05) is 18.2 Å². The van der Waals surface area contributed by atoms with Crippen molar-refractivity contribution in [1.82, 2.24) is 4.98 Å². The van der Waals surface area contributed by atoms with Gasteiger partial charge in [0.2, 0.25) is 0 Å². The van der Waals surface area contributed by atoms with Gasteiger partial charge in [-0.25, -0.2) is 0 Å². The van der Waals surface area contributed by atoms with Crippen molar-refractivity contribution in [2.24, 2.45) is 0 Å². The minimum absolute atomic E-state index is 1.17. The van der Waals surface area contributed by atoms with Gasteiger partial charge in [0, 0.05) is 24.2 Å². The Kier molecular flexibility index (Phi) is 2.29. The van der Waals surface area contributed by atoms with Crippen LogP contribution in [0.5, 0.6) is 0 Å². The second kappa shape index (κ2) is 3.98. The first-order valence-electron chi connectivity index (χ1n) is 7.09. The molecule has 92 valence electrons. The Morgan fingerprint density at radius 1 is 0.944 bits per heavy atom. The fourth-order valence-electron chi connectivity index (χ4n) is 3.49. The lowest BCUT2D eigenvalue weighted by Gasteiger charge is -2.23. The molecule has 0 N–H and O–H groups in total. The van der Waals surface area contributed by atoms with E-state index in [0.29, 0.717) is 0 Å². The summed E-state index contributed by atoms with van der Waals surface area (Å²) >= 11 is 0. The molecule has 1 fully saturated rings. The van der Waals surface area contributed by atoms with E-state index in [0.717, 1.165) is 0 Å². The van der Waals surface area contributed by atoms with Crippen LogP contribution in [0.3, 0.4) is 0 Å². The van der Waals surface area contributed by atoms with Crippen LogP contribution in [0.15, 0.2) is 24.3 Å². The first-order valence-corrected chi connectivity index (χ1v) is 7.09. The van der Waals surface area contributed by atoms with Crippen LogP contribution in [0.1, 0.15) is 30.5 Å². The maximum Gasteiger partial charge on any atom is 0.0726 e. The third-order valence-corrected chi connectivity index (χ3v) is 4.31. The molecule has 1 saturated heterocycles. The monoisotopic (exact) mass is 238 g/mol. The molecule has 1 aromatic carbocycles. The number of anilines is 1. The van der Waals surface area contributed by atoms with Gasteiger partial charge in [0.05, 0.1) is 11.2 Å². The summed E-state index contributed by atoms with van der Waals surface area (Å²) in [5.74, 6) is 0. The van der Waals surface area contributed by atoms with Crippen LogP contribution in [0.2, 0.25) is 0 Å². The first kappa shape index (κ1) is 10.4. The summed E-state index contributed by atoms with van der Waals surface area (Å²) in [6.45, 7) is 2.45. The highest BCUT2D eigenvalue weighted by Gasteiger charge is 2.24. The van der Waals surface area contributed by atoms with Gasteiger partial charge < -0.3 is 4.90 Å². The summed E-state index contributed by atoms with van der Waals surface area (Å²) in [7, 11) is 0. The molecule has 2 nitrogen and oxygen atoms in total. The van der Waals surface area contributed by atoms with Crippen LogP contribution in [-0.2, 0) is 12.8 Å². The van der Waals surface area contributed by atoms with E-state index in [-0.39, 0.29) is 0 Å². The lowest BCUT2D eigenvalue weighted by molar-refractivity contribution is 0.896. The molecule has 0 unspecified atom stereocenters. The number of hydrogen-bond acceptors (Lipinski definition) is 2. The number of pyridine rings is 1. The summed E-state index contributed by atoms with van der Waals surface area (Å²) in [5, 5.41) is 1.36. The summed E-state index contributed by atoms with van der Waals surface area (Å²) in [4.78, 5) is 7.45. The summed E-state index contributed by atoms with van der Waals surface area (Å²) in [6.07, 6.45) is 6.34. The van der Waals surface area contributed by atoms with Crippen LogP contribution < -0.4 is 4.90 Å². The molecule has 0 bridgehead atoms.